The molecule has 0 spiro atoms. The van der Waals surface area contributed by atoms with Crippen LogP contribution in [0.1, 0.15) is 22.2 Å². The van der Waals surface area contributed by atoms with Gasteiger partial charge in [0.25, 0.3) is 0 Å². The molecule has 0 aliphatic rings. The first-order valence-corrected chi connectivity index (χ1v) is 6.21. The SMILES string of the molecule is Cc1nnsc1C(N)Cc1ccc(F)c(Cl)c1. The van der Waals surface area contributed by atoms with Gasteiger partial charge in [-0.3, -0.25) is 0 Å². The Hall–Kier alpha value is -1.04. The van der Waals surface area contributed by atoms with Crippen molar-refractivity contribution in [1.82, 2.24) is 9.59 Å². The molecular weight excluding hydrogens is 261 g/mol. The van der Waals surface area contributed by atoms with Crippen molar-refractivity contribution in [3.8, 4) is 0 Å². The molecule has 1 aromatic carbocycles. The number of nitrogens with zero attached hydrogens (tertiary/aromatic N) is 2. The summed E-state index contributed by atoms with van der Waals surface area (Å²) in [6, 6.07) is 4.45. The van der Waals surface area contributed by atoms with Gasteiger partial charge in [-0.2, -0.15) is 0 Å². The average Bonchev–Trinajstić information content (AvgIpc) is 2.70. The Balaban J connectivity index is 2.16. The molecule has 1 unspecified atom stereocenters. The molecule has 0 aliphatic heterocycles. The predicted molar refractivity (Wildman–Crippen MR) is 66.7 cm³/mol. The first-order valence-electron chi connectivity index (χ1n) is 5.06. The average molecular weight is 272 g/mol. The van der Waals surface area contributed by atoms with E-state index in [1.54, 1.807) is 12.1 Å². The summed E-state index contributed by atoms with van der Waals surface area (Å²) in [5.74, 6) is -0.417. The van der Waals surface area contributed by atoms with E-state index < -0.39 is 5.82 Å². The topological polar surface area (TPSA) is 51.8 Å². The predicted octanol–water partition coefficient (Wildman–Crippen LogP) is 2.88. The molecule has 0 radical (unpaired) electrons. The van der Waals surface area contributed by atoms with Crippen molar-refractivity contribution in [2.45, 2.75) is 19.4 Å². The Morgan fingerprint density at radius 3 is 2.88 bits per heavy atom. The van der Waals surface area contributed by atoms with Crippen LogP contribution in [0.3, 0.4) is 0 Å². The van der Waals surface area contributed by atoms with Gasteiger partial charge in [0, 0.05) is 6.04 Å². The minimum atomic E-state index is -0.417. The van der Waals surface area contributed by atoms with Crippen LogP contribution in [-0.2, 0) is 6.42 Å². The van der Waals surface area contributed by atoms with Gasteiger partial charge in [-0.05, 0) is 42.6 Å². The minimum Gasteiger partial charge on any atom is -0.323 e. The number of rotatable bonds is 3. The van der Waals surface area contributed by atoms with Crippen LogP contribution in [0.25, 0.3) is 0 Å². The molecular formula is C11H11ClFN3S. The number of hydrogen-bond donors (Lipinski definition) is 1. The first-order chi connectivity index (χ1) is 8.08. The lowest BCUT2D eigenvalue weighted by Gasteiger charge is -2.10. The molecule has 0 fully saturated rings. The van der Waals surface area contributed by atoms with Crippen molar-refractivity contribution in [2.75, 3.05) is 0 Å². The van der Waals surface area contributed by atoms with E-state index >= 15 is 0 Å². The number of hydrogen-bond acceptors (Lipinski definition) is 4. The smallest absolute Gasteiger partial charge is 0.141 e. The van der Waals surface area contributed by atoms with Crippen LogP contribution < -0.4 is 5.73 Å². The summed E-state index contributed by atoms with van der Waals surface area (Å²) in [6.45, 7) is 1.87. The van der Waals surface area contributed by atoms with Gasteiger partial charge in [0.15, 0.2) is 0 Å². The summed E-state index contributed by atoms with van der Waals surface area (Å²) in [7, 11) is 0. The third-order valence-corrected chi connectivity index (χ3v) is 3.71. The van der Waals surface area contributed by atoms with Gasteiger partial charge in [-0.15, -0.1) is 5.10 Å². The molecule has 2 N–H and O–H groups in total. The molecule has 1 heterocycles. The van der Waals surface area contributed by atoms with E-state index in [4.69, 9.17) is 17.3 Å². The van der Waals surface area contributed by atoms with Gasteiger partial charge < -0.3 is 5.73 Å². The number of aromatic nitrogens is 2. The van der Waals surface area contributed by atoms with E-state index in [9.17, 15) is 4.39 Å². The van der Waals surface area contributed by atoms with Crippen LogP contribution >= 0.6 is 23.1 Å². The zero-order chi connectivity index (χ0) is 12.4. The summed E-state index contributed by atoms with van der Waals surface area (Å²) in [6.07, 6.45) is 0.588. The molecule has 0 saturated heterocycles. The second-order valence-electron chi connectivity index (χ2n) is 3.78. The highest BCUT2D eigenvalue weighted by Gasteiger charge is 2.14. The third-order valence-electron chi connectivity index (χ3n) is 2.46. The third kappa shape index (κ3) is 2.80. The van der Waals surface area contributed by atoms with Crippen LogP contribution in [0.4, 0.5) is 4.39 Å². The maximum Gasteiger partial charge on any atom is 0.141 e. The van der Waals surface area contributed by atoms with Gasteiger partial charge in [-0.1, -0.05) is 22.2 Å². The van der Waals surface area contributed by atoms with E-state index in [0.29, 0.717) is 6.42 Å². The van der Waals surface area contributed by atoms with E-state index in [1.807, 2.05) is 6.92 Å². The molecule has 0 bridgehead atoms. The van der Waals surface area contributed by atoms with Crippen LogP contribution in [0.15, 0.2) is 18.2 Å². The number of halogens is 2. The van der Waals surface area contributed by atoms with Crippen molar-refractivity contribution in [3.05, 3.63) is 45.2 Å². The monoisotopic (exact) mass is 271 g/mol. The highest BCUT2D eigenvalue weighted by Crippen LogP contribution is 2.23. The molecule has 0 saturated carbocycles. The van der Waals surface area contributed by atoms with Gasteiger partial charge >= 0.3 is 0 Å². The Kier molecular flexibility index (Phi) is 3.71. The Morgan fingerprint density at radius 1 is 1.53 bits per heavy atom. The molecule has 6 heteroatoms. The number of nitrogens with two attached hydrogens (primary N) is 1. The summed E-state index contributed by atoms with van der Waals surface area (Å²) >= 11 is 7.01. The fourth-order valence-corrected chi connectivity index (χ4v) is 2.44. The normalized spacial score (nSPS) is 12.7. The molecule has 0 aliphatic carbocycles. The van der Waals surface area contributed by atoms with Crippen LogP contribution in [0, 0.1) is 12.7 Å². The summed E-state index contributed by atoms with van der Waals surface area (Å²) < 4.78 is 16.8. The van der Waals surface area contributed by atoms with Crippen molar-refractivity contribution in [1.29, 1.82) is 0 Å². The molecule has 2 rings (SSSR count). The largest absolute Gasteiger partial charge is 0.323 e. The van der Waals surface area contributed by atoms with E-state index in [1.165, 1.54) is 17.6 Å². The second kappa shape index (κ2) is 5.08. The molecule has 1 atom stereocenters. The summed E-state index contributed by atoms with van der Waals surface area (Å²) in [5.41, 5.74) is 7.80. The lowest BCUT2D eigenvalue weighted by atomic mass is 10.0. The Morgan fingerprint density at radius 2 is 2.29 bits per heavy atom. The van der Waals surface area contributed by atoms with E-state index in [0.717, 1.165) is 16.1 Å². The second-order valence-corrected chi connectivity index (χ2v) is 4.97. The minimum absolute atomic E-state index is 0.119. The zero-order valence-electron chi connectivity index (χ0n) is 9.15. The summed E-state index contributed by atoms with van der Waals surface area (Å²) in [5, 5.41) is 4.03. The fraction of sp³-hybridized carbons (Fsp3) is 0.273. The Bertz CT molecular complexity index is 529. The van der Waals surface area contributed by atoms with Gasteiger partial charge in [0.2, 0.25) is 0 Å². The van der Waals surface area contributed by atoms with Crippen molar-refractivity contribution in [3.63, 3.8) is 0 Å². The lowest BCUT2D eigenvalue weighted by molar-refractivity contribution is 0.626. The quantitative estimate of drug-likeness (QED) is 0.934. The molecule has 17 heavy (non-hydrogen) atoms. The van der Waals surface area contributed by atoms with Crippen molar-refractivity contribution >= 4 is 23.1 Å². The fourth-order valence-electron chi connectivity index (χ4n) is 1.59. The lowest BCUT2D eigenvalue weighted by Crippen LogP contribution is -2.13. The Labute approximate surface area is 108 Å². The van der Waals surface area contributed by atoms with Crippen LogP contribution in [0.5, 0.6) is 0 Å². The van der Waals surface area contributed by atoms with Crippen LogP contribution in [0.2, 0.25) is 5.02 Å². The van der Waals surface area contributed by atoms with E-state index in [2.05, 4.69) is 9.59 Å². The highest BCUT2D eigenvalue weighted by atomic mass is 35.5. The highest BCUT2D eigenvalue weighted by molar-refractivity contribution is 7.05. The van der Waals surface area contributed by atoms with Gasteiger partial charge in [0.1, 0.15) is 5.82 Å². The molecule has 2 aromatic rings. The molecule has 3 nitrogen and oxygen atoms in total. The van der Waals surface area contributed by atoms with Gasteiger partial charge in [-0.25, -0.2) is 4.39 Å². The molecule has 0 amide bonds. The van der Waals surface area contributed by atoms with Crippen molar-refractivity contribution < 1.29 is 4.39 Å². The maximum atomic E-state index is 13.0. The van der Waals surface area contributed by atoms with Gasteiger partial charge in [0.05, 0.1) is 15.6 Å². The zero-order valence-corrected chi connectivity index (χ0v) is 10.7. The summed E-state index contributed by atoms with van der Waals surface area (Å²) in [4.78, 5) is 0.949. The van der Waals surface area contributed by atoms with Crippen LogP contribution in [-0.4, -0.2) is 9.59 Å². The number of benzene rings is 1. The molecule has 90 valence electrons. The van der Waals surface area contributed by atoms with Crippen molar-refractivity contribution in [2.24, 2.45) is 5.73 Å². The number of aryl methyl sites for hydroxylation is 1. The maximum absolute atomic E-state index is 13.0. The van der Waals surface area contributed by atoms with E-state index in [-0.39, 0.29) is 11.1 Å². The standard InChI is InChI=1S/C11H11ClFN3S/c1-6-11(17-16-15-6)10(14)5-7-2-3-9(13)8(12)4-7/h2-4,10H,5,14H2,1H3. The first kappa shape index (κ1) is 12.4. The molecule has 1 aromatic heterocycles.